The predicted octanol–water partition coefficient (Wildman–Crippen LogP) is 2.22. The van der Waals surface area contributed by atoms with Crippen LogP contribution in [-0.2, 0) is 0 Å². The SMILES string of the molecule is Cc1cc(Cl)nc(NC(=O)c2ccc(F)cn2)n1. The third-order valence-corrected chi connectivity index (χ3v) is 2.20. The molecule has 7 heteroatoms. The van der Waals surface area contributed by atoms with Gasteiger partial charge in [-0.2, -0.15) is 0 Å². The fourth-order valence-corrected chi connectivity index (χ4v) is 1.50. The van der Waals surface area contributed by atoms with Crippen molar-refractivity contribution in [2.45, 2.75) is 6.92 Å². The Labute approximate surface area is 107 Å². The molecular formula is C11H8ClFN4O. The zero-order chi connectivity index (χ0) is 13.1. The fourth-order valence-electron chi connectivity index (χ4n) is 1.26. The van der Waals surface area contributed by atoms with Crippen molar-refractivity contribution < 1.29 is 9.18 Å². The second-order valence-corrected chi connectivity index (χ2v) is 3.86. The first kappa shape index (κ1) is 12.4. The summed E-state index contributed by atoms with van der Waals surface area (Å²) in [6.07, 6.45) is 0.957. The molecule has 0 radical (unpaired) electrons. The normalized spacial score (nSPS) is 10.2. The zero-order valence-electron chi connectivity index (χ0n) is 9.32. The van der Waals surface area contributed by atoms with E-state index in [0.717, 1.165) is 12.3 Å². The van der Waals surface area contributed by atoms with Crippen molar-refractivity contribution in [1.29, 1.82) is 0 Å². The summed E-state index contributed by atoms with van der Waals surface area (Å²) >= 11 is 5.73. The Hall–Kier alpha value is -2.08. The van der Waals surface area contributed by atoms with E-state index >= 15 is 0 Å². The molecule has 0 unspecified atom stereocenters. The summed E-state index contributed by atoms with van der Waals surface area (Å²) in [6.45, 7) is 1.72. The summed E-state index contributed by atoms with van der Waals surface area (Å²) in [5.41, 5.74) is 0.690. The number of hydrogen-bond donors (Lipinski definition) is 1. The maximum Gasteiger partial charge on any atom is 0.276 e. The number of nitrogens with zero attached hydrogens (tertiary/aromatic N) is 3. The van der Waals surface area contributed by atoms with Gasteiger partial charge in [0.05, 0.1) is 6.20 Å². The number of rotatable bonds is 2. The molecule has 0 aliphatic heterocycles. The van der Waals surface area contributed by atoms with Gasteiger partial charge in [0.25, 0.3) is 5.91 Å². The second kappa shape index (κ2) is 5.05. The Kier molecular flexibility index (Phi) is 3.47. The molecule has 92 valence electrons. The van der Waals surface area contributed by atoms with Gasteiger partial charge in [-0.1, -0.05) is 11.6 Å². The van der Waals surface area contributed by atoms with Crippen LogP contribution in [0.4, 0.5) is 10.3 Å². The third kappa shape index (κ3) is 2.98. The molecule has 5 nitrogen and oxygen atoms in total. The number of hydrogen-bond acceptors (Lipinski definition) is 4. The lowest BCUT2D eigenvalue weighted by atomic mass is 10.3. The highest BCUT2D eigenvalue weighted by Crippen LogP contribution is 2.10. The summed E-state index contributed by atoms with van der Waals surface area (Å²) in [4.78, 5) is 23.2. The van der Waals surface area contributed by atoms with Crippen LogP contribution < -0.4 is 5.32 Å². The van der Waals surface area contributed by atoms with E-state index in [9.17, 15) is 9.18 Å². The van der Waals surface area contributed by atoms with Gasteiger partial charge in [0.15, 0.2) is 0 Å². The Balaban J connectivity index is 2.18. The number of amides is 1. The lowest BCUT2D eigenvalue weighted by Gasteiger charge is -2.04. The van der Waals surface area contributed by atoms with E-state index in [-0.39, 0.29) is 16.8 Å². The summed E-state index contributed by atoms with van der Waals surface area (Å²) < 4.78 is 12.6. The third-order valence-electron chi connectivity index (χ3n) is 2.01. The lowest BCUT2D eigenvalue weighted by Crippen LogP contribution is -2.16. The summed E-state index contributed by atoms with van der Waals surface area (Å²) in [5, 5.41) is 2.66. The Bertz CT molecular complexity index is 568. The molecule has 18 heavy (non-hydrogen) atoms. The highest BCUT2D eigenvalue weighted by Gasteiger charge is 2.10. The maximum absolute atomic E-state index is 12.6. The maximum atomic E-state index is 12.6. The van der Waals surface area contributed by atoms with Crippen LogP contribution in [0.15, 0.2) is 24.4 Å². The number of aryl methyl sites for hydroxylation is 1. The van der Waals surface area contributed by atoms with Gasteiger partial charge in [0, 0.05) is 5.69 Å². The van der Waals surface area contributed by atoms with Gasteiger partial charge in [-0.3, -0.25) is 10.1 Å². The van der Waals surface area contributed by atoms with Crippen LogP contribution >= 0.6 is 11.6 Å². The first-order valence-corrected chi connectivity index (χ1v) is 5.36. The zero-order valence-corrected chi connectivity index (χ0v) is 10.1. The van der Waals surface area contributed by atoms with Gasteiger partial charge in [-0.15, -0.1) is 0 Å². The summed E-state index contributed by atoms with van der Waals surface area (Å²) in [7, 11) is 0. The molecular weight excluding hydrogens is 259 g/mol. The highest BCUT2D eigenvalue weighted by molar-refractivity contribution is 6.29. The number of pyridine rings is 1. The number of halogens is 2. The molecule has 0 spiro atoms. The van der Waals surface area contributed by atoms with Gasteiger partial charge in [0.2, 0.25) is 5.95 Å². The van der Waals surface area contributed by atoms with E-state index in [0.29, 0.717) is 5.69 Å². The van der Waals surface area contributed by atoms with Crippen LogP contribution in [0.25, 0.3) is 0 Å². The van der Waals surface area contributed by atoms with Crippen molar-refractivity contribution in [3.05, 3.63) is 46.8 Å². The van der Waals surface area contributed by atoms with Crippen LogP contribution in [0, 0.1) is 12.7 Å². The van der Waals surface area contributed by atoms with E-state index in [1.165, 1.54) is 6.07 Å². The standard InChI is InChI=1S/C11H8ClFN4O/c1-6-4-9(12)16-11(15-6)17-10(18)8-3-2-7(13)5-14-8/h2-5H,1H3,(H,15,16,17,18). The largest absolute Gasteiger partial charge is 0.289 e. The summed E-state index contributed by atoms with van der Waals surface area (Å²) in [6, 6.07) is 3.97. The molecule has 0 saturated heterocycles. The Morgan fingerprint density at radius 2 is 2.17 bits per heavy atom. The smallest absolute Gasteiger partial charge is 0.276 e. The molecule has 0 saturated carbocycles. The molecule has 0 aromatic carbocycles. The van der Waals surface area contributed by atoms with Gasteiger partial charge in [-0.05, 0) is 25.1 Å². The van der Waals surface area contributed by atoms with Crippen molar-refractivity contribution in [2.75, 3.05) is 5.32 Å². The topological polar surface area (TPSA) is 67.8 Å². The minimum absolute atomic E-state index is 0.0672. The predicted molar refractivity (Wildman–Crippen MR) is 63.9 cm³/mol. The van der Waals surface area contributed by atoms with Gasteiger partial charge >= 0.3 is 0 Å². The van der Waals surface area contributed by atoms with Crippen LogP contribution in [0.1, 0.15) is 16.2 Å². The average molecular weight is 267 g/mol. The molecule has 0 fully saturated rings. The number of anilines is 1. The quantitative estimate of drug-likeness (QED) is 0.847. The Morgan fingerprint density at radius 1 is 1.39 bits per heavy atom. The second-order valence-electron chi connectivity index (χ2n) is 3.47. The first-order valence-electron chi connectivity index (χ1n) is 4.99. The van der Waals surface area contributed by atoms with Crippen LogP contribution in [-0.4, -0.2) is 20.9 Å². The lowest BCUT2D eigenvalue weighted by molar-refractivity contribution is 0.102. The van der Waals surface area contributed by atoms with E-state index in [1.54, 1.807) is 13.0 Å². The minimum Gasteiger partial charge on any atom is -0.289 e. The molecule has 1 N–H and O–H groups in total. The highest BCUT2D eigenvalue weighted by atomic mass is 35.5. The van der Waals surface area contributed by atoms with Gasteiger partial charge in [0.1, 0.15) is 16.7 Å². The molecule has 2 rings (SSSR count). The van der Waals surface area contributed by atoms with Crippen molar-refractivity contribution in [3.8, 4) is 0 Å². The molecule has 0 bridgehead atoms. The molecule has 2 heterocycles. The van der Waals surface area contributed by atoms with E-state index in [1.807, 2.05) is 0 Å². The van der Waals surface area contributed by atoms with Crippen LogP contribution in [0.2, 0.25) is 5.15 Å². The average Bonchev–Trinajstić information content (AvgIpc) is 2.28. The first-order chi connectivity index (χ1) is 8.54. The molecule has 2 aromatic rings. The van der Waals surface area contributed by atoms with Gasteiger partial charge in [-0.25, -0.2) is 19.3 Å². The number of aromatic nitrogens is 3. The van der Waals surface area contributed by atoms with Crippen molar-refractivity contribution in [3.63, 3.8) is 0 Å². The van der Waals surface area contributed by atoms with E-state index < -0.39 is 11.7 Å². The number of carbonyl (C=O) groups excluding carboxylic acids is 1. The summed E-state index contributed by atoms with van der Waals surface area (Å²) in [5.74, 6) is -0.964. The number of carbonyl (C=O) groups is 1. The fraction of sp³-hybridized carbons (Fsp3) is 0.0909. The molecule has 0 atom stereocenters. The van der Waals surface area contributed by atoms with Crippen molar-refractivity contribution in [1.82, 2.24) is 15.0 Å². The van der Waals surface area contributed by atoms with Crippen molar-refractivity contribution >= 4 is 23.5 Å². The van der Waals surface area contributed by atoms with Gasteiger partial charge < -0.3 is 0 Å². The van der Waals surface area contributed by atoms with E-state index in [4.69, 9.17) is 11.6 Å². The monoisotopic (exact) mass is 266 g/mol. The Morgan fingerprint density at radius 3 is 2.78 bits per heavy atom. The van der Waals surface area contributed by atoms with E-state index in [2.05, 4.69) is 20.3 Å². The molecule has 1 amide bonds. The van der Waals surface area contributed by atoms with Crippen LogP contribution in [0.3, 0.4) is 0 Å². The van der Waals surface area contributed by atoms with Crippen molar-refractivity contribution in [2.24, 2.45) is 0 Å². The minimum atomic E-state index is -0.531. The molecule has 0 aliphatic carbocycles. The number of nitrogens with one attached hydrogen (secondary N) is 1. The molecule has 0 aliphatic rings. The molecule has 2 aromatic heterocycles. The van der Waals surface area contributed by atoms with Crippen LogP contribution in [0.5, 0.6) is 0 Å².